The van der Waals surface area contributed by atoms with Gasteiger partial charge in [-0.25, -0.2) is 8.42 Å². The van der Waals surface area contributed by atoms with Gasteiger partial charge < -0.3 is 4.74 Å². The number of allylic oxidation sites excluding steroid dienone is 1. The Bertz CT molecular complexity index is 1210. The smallest absolute Gasteiger partial charge is 0.182 e. The van der Waals surface area contributed by atoms with Crippen molar-refractivity contribution in [1.29, 1.82) is 0 Å². The maximum Gasteiger partial charge on any atom is 0.182 e. The fourth-order valence-electron chi connectivity index (χ4n) is 3.16. The van der Waals surface area contributed by atoms with Crippen molar-refractivity contribution in [2.75, 3.05) is 5.75 Å². The SMILES string of the molecule is O=S(=O)(CC1=COc2ccccc2/C1=C(\Br)c1ccc(Cl)cc1)c1ccccc1. The first-order valence-electron chi connectivity index (χ1n) is 8.85. The topological polar surface area (TPSA) is 43.4 Å². The molecular formula is C23H16BrClO3S. The van der Waals surface area contributed by atoms with Gasteiger partial charge >= 0.3 is 0 Å². The molecule has 29 heavy (non-hydrogen) atoms. The molecule has 3 aromatic carbocycles. The minimum atomic E-state index is -3.54. The first kappa shape index (κ1) is 20.0. The molecule has 6 heteroatoms. The Morgan fingerprint density at radius 1 is 0.897 bits per heavy atom. The molecule has 3 nitrogen and oxygen atoms in total. The van der Waals surface area contributed by atoms with Gasteiger partial charge in [0, 0.05) is 26.2 Å². The van der Waals surface area contributed by atoms with Crippen molar-refractivity contribution in [2.45, 2.75) is 4.90 Å². The molecule has 0 spiro atoms. The Labute approximate surface area is 183 Å². The van der Waals surface area contributed by atoms with Crippen molar-refractivity contribution >= 4 is 47.4 Å². The van der Waals surface area contributed by atoms with Crippen LogP contribution in [0.25, 0.3) is 10.1 Å². The first-order valence-corrected chi connectivity index (χ1v) is 11.7. The lowest BCUT2D eigenvalue weighted by molar-refractivity contribution is 0.470. The molecule has 0 aromatic heterocycles. The van der Waals surface area contributed by atoms with Gasteiger partial charge in [0.05, 0.1) is 16.9 Å². The molecule has 3 aromatic rings. The minimum absolute atomic E-state index is 0.177. The van der Waals surface area contributed by atoms with Gasteiger partial charge in [-0.3, -0.25) is 0 Å². The quantitative estimate of drug-likeness (QED) is 0.430. The molecule has 0 unspecified atom stereocenters. The molecule has 0 N–H and O–H groups in total. The molecular weight excluding hydrogens is 472 g/mol. The standard InChI is InChI=1S/C23H16BrClO3S/c24-23(16-10-12-18(25)13-11-16)22-17(14-28-21-9-5-4-8-20(21)22)15-29(26,27)19-6-2-1-3-7-19/h1-14H,15H2/b23-22-. The van der Waals surface area contributed by atoms with E-state index in [1.807, 2.05) is 36.4 Å². The lowest BCUT2D eigenvalue weighted by Gasteiger charge is -2.22. The number of hydrogen-bond acceptors (Lipinski definition) is 3. The number of ether oxygens (including phenoxy) is 1. The Balaban J connectivity index is 1.84. The van der Waals surface area contributed by atoms with Crippen LogP contribution < -0.4 is 4.74 Å². The van der Waals surface area contributed by atoms with Crippen LogP contribution in [-0.4, -0.2) is 14.2 Å². The van der Waals surface area contributed by atoms with E-state index in [0.717, 1.165) is 21.2 Å². The van der Waals surface area contributed by atoms with Crippen molar-refractivity contribution in [2.24, 2.45) is 0 Å². The fraction of sp³-hybridized carbons (Fsp3) is 0.0435. The molecule has 1 heterocycles. The van der Waals surface area contributed by atoms with E-state index in [1.54, 1.807) is 42.5 Å². The van der Waals surface area contributed by atoms with Gasteiger partial charge in [-0.2, -0.15) is 0 Å². The molecule has 0 fully saturated rings. The third-order valence-electron chi connectivity index (χ3n) is 4.57. The van der Waals surface area contributed by atoms with Crippen LogP contribution in [0.1, 0.15) is 11.1 Å². The number of sulfone groups is 1. The molecule has 0 aliphatic carbocycles. The highest BCUT2D eigenvalue weighted by Gasteiger charge is 2.26. The minimum Gasteiger partial charge on any atom is -0.464 e. The number of para-hydroxylation sites is 1. The van der Waals surface area contributed by atoms with E-state index >= 15 is 0 Å². The van der Waals surface area contributed by atoms with Gasteiger partial charge in [-0.1, -0.05) is 60.1 Å². The predicted octanol–water partition coefficient (Wildman–Crippen LogP) is 6.35. The lowest BCUT2D eigenvalue weighted by Crippen LogP contribution is -2.14. The summed E-state index contributed by atoms with van der Waals surface area (Å²) in [5, 5.41) is 0.633. The van der Waals surface area contributed by atoms with Crippen molar-refractivity contribution in [1.82, 2.24) is 0 Å². The van der Waals surface area contributed by atoms with E-state index in [0.29, 0.717) is 16.3 Å². The second-order valence-electron chi connectivity index (χ2n) is 6.53. The highest BCUT2D eigenvalue weighted by Crippen LogP contribution is 2.43. The second kappa shape index (κ2) is 8.19. The molecule has 0 amide bonds. The van der Waals surface area contributed by atoms with E-state index in [2.05, 4.69) is 15.9 Å². The van der Waals surface area contributed by atoms with Gasteiger partial charge in [0.25, 0.3) is 0 Å². The van der Waals surface area contributed by atoms with Crippen LogP contribution in [0, 0.1) is 0 Å². The van der Waals surface area contributed by atoms with E-state index in [-0.39, 0.29) is 10.6 Å². The van der Waals surface area contributed by atoms with E-state index in [4.69, 9.17) is 16.3 Å². The number of fused-ring (bicyclic) bond motifs is 1. The molecule has 0 bridgehead atoms. The number of halogens is 2. The van der Waals surface area contributed by atoms with Crippen molar-refractivity contribution in [3.8, 4) is 5.75 Å². The molecule has 0 atom stereocenters. The number of hydrogen-bond donors (Lipinski definition) is 0. The first-order chi connectivity index (χ1) is 14.0. The average molecular weight is 488 g/mol. The Kier molecular flexibility index (Phi) is 5.63. The normalized spacial score (nSPS) is 15.2. The van der Waals surface area contributed by atoms with Gasteiger partial charge in [-0.05, 0) is 51.8 Å². The summed E-state index contributed by atoms with van der Waals surface area (Å²) in [6.45, 7) is 0. The third kappa shape index (κ3) is 4.17. The van der Waals surface area contributed by atoms with Crippen molar-refractivity contribution in [3.05, 3.63) is 107 Å². The largest absolute Gasteiger partial charge is 0.464 e. The van der Waals surface area contributed by atoms with Crippen LogP contribution in [0.5, 0.6) is 5.75 Å². The highest BCUT2D eigenvalue weighted by molar-refractivity contribution is 9.15. The number of benzene rings is 3. The van der Waals surface area contributed by atoms with Crippen LogP contribution in [0.3, 0.4) is 0 Å². The summed E-state index contributed by atoms with van der Waals surface area (Å²) < 4.78 is 32.5. The number of rotatable bonds is 4. The monoisotopic (exact) mass is 486 g/mol. The van der Waals surface area contributed by atoms with Gasteiger partial charge in [0.1, 0.15) is 5.75 Å². The maximum atomic E-state index is 13.0. The van der Waals surface area contributed by atoms with E-state index in [9.17, 15) is 8.42 Å². The van der Waals surface area contributed by atoms with Crippen molar-refractivity contribution < 1.29 is 13.2 Å². The summed E-state index contributed by atoms with van der Waals surface area (Å²) in [6.07, 6.45) is 1.52. The molecule has 4 rings (SSSR count). The van der Waals surface area contributed by atoms with E-state index in [1.165, 1.54) is 6.26 Å². The van der Waals surface area contributed by atoms with Crippen LogP contribution in [0.2, 0.25) is 5.02 Å². The second-order valence-corrected chi connectivity index (χ2v) is 9.74. The summed E-state index contributed by atoms with van der Waals surface area (Å²) in [6, 6.07) is 23.4. The van der Waals surface area contributed by atoms with E-state index < -0.39 is 9.84 Å². The molecule has 1 aliphatic rings. The summed E-state index contributed by atoms with van der Waals surface area (Å²) in [5.41, 5.74) is 3.09. The summed E-state index contributed by atoms with van der Waals surface area (Å²) in [5.74, 6) is 0.498. The maximum absolute atomic E-state index is 13.0. The Morgan fingerprint density at radius 3 is 2.28 bits per heavy atom. The molecule has 0 saturated carbocycles. The fourth-order valence-corrected chi connectivity index (χ4v) is 5.38. The van der Waals surface area contributed by atoms with Gasteiger partial charge in [0.2, 0.25) is 0 Å². The summed E-state index contributed by atoms with van der Waals surface area (Å²) in [7, 11) is -3.54. The summed E-state index contributed by atoms with van der Waals surface area (Å²) in [4.78, 5) is 0.279. The van der Waals surface area contributed by atoms with Crippen LogP contribution in [0.4, 0.5) is 0 Å². The highest BCUT2D eigenvalue weighted by atomic mass is 79.9. The van der Waals surface area contributed by atoms with Gasteiger partial charge in [-0.15, -0.1) is 0 Å². The Hall–Kier alpha value is -2.34. The lowest BCUT2D eigenvalue weighted by atomic mass is 9.95. The average Bonchev–Trinajstić information content (AvgIpc) is 2.74. The zero-order valence-corrected chi connectivity index (χ0v) is 18.3. The zero-order valence-electron chi connectivity index (χ0n) is 15.2. The molecule has 146 valence electrons. The van der Waals surface area contributed by atoms with Crippen LogP contribution in [0.15, 0.2) is 95.6 Å². The van der Waals surface area contributed by atoms with Crippen LogP contribution >= 0.6 is 27.5 Å². The molecule has 0 saturated heterocycles. The van der Waals surface area contributed by atoms with Crippen molar-refractivity contribution in [3.63, 3.8) is 0 Å². The Morgan fingerprint density at radius 2 is 1.55 bits per heavy atom. The molecule has 1 aliphatic heterocycles. The summed E-state index contributed by atoms with van der Waals surface area (Å²) >= 11 is 9.72. The third-order valence-corrected chi connectivity index (χ3v) is 7.36. The van der Waals surface area contributed by atoms with Gasteiger partial charge in [0.15, 0.2) is 9.84 Å². The van der Waals surface area contributed by atoms with Crippen LogP contribution in [-0.2, 0) is 9.84 Å². The molecule has 0 radical (unpaired) electrons. The predicted molar refractivity (Wildman–Crippen MR) is 121 cm³/mol. The zero-order chi connectivity index (χ0) is 20.4.